The highest BCUT2D eigenvalue weighted by atomic mass is 16.5. The molecule has 3 aromatic carbocycles. The summed E-state index contributed by atoms with van der Waals surface area (Å²) in [7, 11) is 1.80. The number of carbonyl (C=O) groups excluding carboxylic acids is 2. The average Bonchev–Trinajstić information content (AvgIpc) is 3.21. The highest BCUT2D eigenvalue weighted by molar-refractivity contribution is 5.84. The normalized spacial score (nSPS) is 13.8. The van der Waals surface area contributed by atoms with E-state index in [9.17, 15) is 19.5 Å². The van der Waals surface area contributed by atoms with Crippen LogP contribution in [0.3, 0.4) is 0 Å². The van der Waals surface area contributed by atoms with E-state index in [2.05, 4.69) is 22.8 Å². The van der Waals surface area contributed by atoms with E-state index in [1.165, 1.54) is 0 Å². The molecule has 1 aliphatic carbocycles. The van der Waals surface area contributed by atoms with Crippen LogP contribution in [0.15, 0.2) is 78.9 Å². The number of nitrogens with one attached hydrogen (secondary N) is 2. The van der Waals surface area contributed by atoms with Crippen molar-refractivity contribution >= 4 is 18.0 Å². The van der Waals surface area contributed by atoms with E-state index in [4.69, 9.17) is 4.74 Å². The van der Waals surface area contributed by atoms with Gasteiger partial charge in [0.05, 0.1) is 0 Å². The number of carboxylic acids is 1. The van der Waals surface area contributed by atoms with Crippen molar-refractivity contribution < 1.29 is 24.2 Å². The molecule has 3 N–H and O–H groups in total. The van der Waals surface area contributed by atoms with Crippen molar-refractivity contribution in [1.29, 1.82) is 0 Å². The molecule has 2 atom stereocenters. The molecule has 0 bridgehead atoms. The van der Waals surface area contributed by atoms with Gasteiger partial charge in [0.15, 0.2) is 0 Å². The quantitative estimate of drug-likeness (QED) is 0.356. The topological polar surface area (TPSA) is 108 Å². The summed E-state index contributed by atoms with van der Waals surface area (Å²) in [6, 6.07) is 24.2. The van der Waals surface area contributed by atoms with Gasteiger partial charge in [-0.3, -0.25) is 9.69 Å². The fraction of sp³-hybridized carbons (Fsp3) is 0.300. The number of amides is 2. The van der Waals surface area contributed by atoms with E-state index in [0.717, 1.165) is 27.8 Å². The summed E-state index contributed by atoms with van der Waals surface area (Å²) in [4.78, 5) is 38.6. The van der Waals surface area contributed by atoms with Crippen LogP contribution in [0.4, 0.5) is 4.79 Å². The molecule has 8 nitrogen and oxygen atoms in total. The first-order valence-corrected chi connectivity index (χ1v) is 12.7. The fourth-order valence-corrected chi connectivity index (χ4v) is 4.88. The zero-order valence-corrected chi connectivity index (χ0v) is 21.6. The smallest absolute Gasteiger partial charge is 0.407 e. The Bertz CT molecular complexity index is 1230. The summed E-state index contributed by atoms with van der Waals surface area (Å²) in [5.74, 6) is -1.64. The summed E-state index contributed by atoms with van der Waals surface area (Å²) in [5, 5.41) is 14.8. The number of hydrogen-bond donors (Lipinski definition) is 3. The lowest BCUT2D eigenvalue weighted by Gasteiger charge is -2.23. The number of nitrogens with zero attached hydrogens (tertiary/aromatic N) is 1. The number of carboxylic acid groups (broad SMARTS) is 1. The summed E-state index contributed by atoms with van der Waals surface area (Å²) >= 11 is 0. The molecule has 0 heterocycles. The van der Waals surface area contributed by atoms with Crippen molar-refractivity contribution in [1.82, 2.24) is 15.5 Å². The van der Waals surface area contributed by atoms with Crippen LogP contribution in [-0.4, -0.2) is 60.3 Å². The van der Waals surface area contributed by atoms with Crippen LogP contribution in [0.5, 0.6) is 0 Å². The van der Waals surface area contributed by atoms with E-state index in [1.807, 2.05) is 71.6 Å². The zero-order valence-electron chi connectivity index (χ0n) is 21.6. The molecule has 0 aromatic heterocycles. The number of likely N-dealkylation sites (N-methyl/N-ethyl adjacent to an activating group) is 1. The Morgan fingerprint density at radius 2 is 1.47 bits per heavy atom. The molecular weight excluding hydrogens is 482 g/mol. The van der Waals surface area contributed by atoms with Gasteiger partial charge in [0.1, 0.15) is 12.6 Å². The van der Waals surface area contributed by atoms with Gasteiger partial charge < -0.3 is 20.5 Å². The van der Waals surface area contributed by atoms with Crippen molar-refractivity contribution in [2.24, 2.45) is 0 Å². The Kier molecular flexibility index (Phi) is 8.76. The monoisotopic (exact) mass is 515 g/mol. The van der Waals surface area contributed by atoms with Crippen LogP contribution in [-0.2, 0) is 20.9 Å². The number of fused-ring (bicyclic) bond motifs is 3. The van der Waals surface area contributed by atoms with E-state index in [0.29, 0.717) is 6.54 Å². The molecule has 0 spiro atoms. The van der Waals surface area contributed by atoms with Gasteiger partial charge in [-0.15, -0.1) is 0 Å². The van der Waals surface area contributed by atoms with Gasteiger partial charge in [0.25, 0.3) is 0 Å². The third-order valence-corrected chi connectivity index (χ3v) is 6.62. The number of aliphatic carboxylic acids is 1. The number of ether oxygens (including phenoxy) is 1. The summed E-state index contributed by atoms with van der Waals surface area (Å²) in [5.41, 5.74) is 5.57. The molecule has 0 aliphatic heterocycles. The minimum Gasteiger partial charge on any atom is -0.480 e. The molecular formula is C30H33N3O5. The summed E-state index contributed by atoms with van der Waals surface area (Å²) in [6.45, 7) is 2.55. The van der Waals surface area contributed by atoms with Crippen molar-refractivity contribution in [3.05, 3.63) is 95.6 Å². The van der Waals surface area contributed by atoms with Gasteiger partial charge in [0.2, 0.25) is 5.91 Å². The SMILES string of the molecule is C[C@H](CC(=O)NC(CN(C)Cc1ccccc1)C(=O)O)NC(=O)OCC1c2ccccc2-c2ccccc21. The Balaban J connectivity index is 1.25. The van der Waals surface area contributed by atoms with Gasteiger partial charge in [-0.05, 0) is 41.8 Å². The minimum absolute atomic E-state index is 0.0593. The maximum atomic E-state index is 12.5. The van der Waals surface area contributed by atoms with Crippen molar-refractivity contribution in [3.63, 3.8) is 0 Å². The standard InChI is InChI=1S/C30H33N3O5/c1-20(16-28(34)32-27(29(35)36)18-33(2)17-21-10-4-3-5-11-21)31-30(37)38-19-26-24-14-8-6-12-22(24)23-13-7-9-15-25(23)26/h3-15,20,26-27H,16-19H2,1-2H3,(H,31,37)(H,32,34)(H,35,36)/t20-,27?/m1/s1. The maximum absolute atomic E-state index is 12.5. The van der Waals surface area contributed by atoms with Gasteiger partial charge >= 0.3 is 12.1 Å². The van der Waals surface area contributed by atoms with Crippen LogP contribution in [0.1, 0.15) is 36.0 Å². The number of benzene rings is 3. The Morgan fingerprint density at radius 3 is 2.08 bits per heavy atom. The van der Waals surface area contributed by atoms with Gasteiger partial charge in [-0.1, -0.05) is 78.9 Å². The lowest BCUT2D eigenvalue weighted by molar-refractivity contribution is -0.142. The Morgan fingerprint density at radius 1 is 0.895 bits per heavy atom. The first-order chi connectivity index (χ1) is 18.3. The van der Waals surface area contributed by atoms with Crippen molar-refractivity contribution in [3.8, 4) is 11.1 Å². The number of rotatable bonds is 11. The van der Waals surface area contributed by atoms with E-state index in [1.54, 1.807) is 14.0 Å². The molecule has 198 valence electrons. The number of carbonyl (C=O) groups is 3. The summed E-state index contributed by atoms with van der Waals surface area (Å²) in [6.07, 6.45) is -0.694. The first kappa shape index (κ1) is 26.9. The van der Waals surface area contributed by atoms with Gasteiger partial charge in [-0.25, -0.2) is 9.59 Å². The molecule has 38 heavy (non-hydrogen) atoms. The number of hydrogen-bond acceptors (Lipinski definition) is 5. The van der Waals surface area contributed by atoms with Crippen molar-refractivity contribution in [2.45, 2.75) is 37.9 Å². The number of alkyl carbamates (subject to hydrolysis) is 1. The second-order valence-corrected chi connectivity index (χ2v) is 9.72. The largest absolute Gasteiger partial charge is 0.480 e. The maximum Gasteiger partial charge on any atom is 0.407 e. The van der Waals surface area contributed by atoms with E-state index < -0.39 is 30.1 Å². The van der Waals surface area contributed by atoms with E-state index >= 15 is 0 Å². The Hall–Kier alpha value is -4.17. The molecule has 4 rings (SSSR count). The fourth-order valence-electron chi connectivity index (χ4n) is 4.88. The average molecular weight is 516 g/mol. The van der Waals surface area contributed by atoms with Gasteiger partial charge in [-0.2, -0.15) is 0 Å². The second kappa shape index (κ2) is 12.4. The zero-order chi connectivity index (χ0) is 27.1. The predicted octanol–water partition coefficient (Wildman–Crippen LogP) is 4.01. The van der Waals surface area contributed by atoms with E-state index in [-0.39, 0.29) is 25.5 Å². The molecule has 0 saturated heterocycles. The third kappa shape index (κ3) is 6.77. The predicted molar refractivity (Wildman–Crippen MR) is 145 cm³/mol. The molecule has 0 radical (unpaired) electrons. The minimum atomic E-state index is -1.12. The molecule has 2 amide bonds. The molecule has 0 saturated carbocycles. The van der Waals surface area contributed by atoms with Crippen LogP contribution < -0.4 is 10.6 Å². The lowest BCUT2D eigenvalue weighted by atomic mass is 9.98. The molecule has 1 unspecified atom stereocenters. The van der Waals surface area contributed by atoms with Crippen molar-refractivity contribution in [2.75, 3.05) is 20.2 Å². The van der Waals surface area contributed by atoms with Crippen LogP contribution in [0.2, 0.25) is 0 Å². The Labute approximate surface area is 222 Å². The lowest BCUT2D eigenvalue weighted by Crippen LogP contribution is -2.49. The first-order valence-electron chi connectivity index (χ1n) is 12.7. The third-order valence-electron chi connectivity index (χ3n) is 6.62. The highest BCUT2D eigenvalue weighted by Gasteiger charge is 2.29. The van der Waals surface area contributed by atoms with Gasteiger partial charge in [0, 0.05) is 31.5 Å². The second-order valence-electron chi connectivity index (χ2n) is 9.72. The van der Waals surface area contributed by atoms with Crippen LogP contribution >= 0.6 is 0 Å². The molecule has 0 fully saturated rings. The molecule has 3 aromatic rings. The van der Waals surface area contributed by atoms with Crippen LogP contribution in [0.25, 0.3) is 11.1 Å². The molecule has 8 heteroatoms. The highest BCUT2D eigenvalue weighted by Crippen LogP contribution is 2.44. The summed E-state index contributed by atoms with van der Waals surface area (Å²) < 4.78 is 5.54. The molecule has 1 aliphatic rings. The van der Waals surface area contributed by atoms with Crippen LogP contribution in [0, 0.1) is 0 Å².